The Labute approximate surface area is 171 Å². The molecular formula is C23H19F2N3O2. The Hall–Kier alpha value is -3.74. The highest BCUT2D eigenvalue weighted by atomic mass is 19.3. The van der Waals surface area contributed by atoms with Gasteiger partial charge in [0, 0.05) is 12.1 Å². The third-order valence-electron chi connectivity index (χ3n) is 4.59. The number of aromatic nitrogens is 2. The number of imidazole rings is 1. The molecule has 0 saturated carbocycles. The average Bonchev–Trinajstić information content (AvgIpc) is 3.21. The molecule has 0 atom stereocenters. The maximum Gasteiger partial charge on any atom is 0.295 e. The fourth-order valence-electron chi connectivity index (χ4n) is 3.00. The predicted octanol–water partition coefficient (Wildman–Crippen LogP) is 5.01. The molecule has 4 rings (SSSR count). The summed E-state index contributed by atoms with van der Waals surface area (Å²) < 4.78 is 31.2. The van der Waals surface area contributed by atoms with Crippen LogP contribution in [0, 0.1) is 0 Å². The zero-order valence-electron chi connectivity index (χ0n) is 15.9. The number of nitrogens with one attached hydrogen (secondary N) is 2. The second kappa shape index (κ2) is 8.73. The lowest BCUT2D eigenvalue weighted by atomic mass is 10.1. The third-order valence-corrected chi connectivity index (χ3v) is 4.59. The number of para-hydroxylation sites is 1. The average molecular weight is 407 g/mol. The lowest BCUT2D eigenvalue weighted by molar-refractivity contribution is 0.0951. The van der Waals surface area contributed by atoms with Crippen molar-refractivity contribution in [3.8, 4) is 5.75 Å². The molecule has 1 amide bonds. The summed E-state index contributed by atoms with van der Waals surface area (Å²) >= 11 is 0. The summed E-state index contributed by atoms with van der Waals surface area (Å²) in [4.78, 5) is 18.8. The minimum atomic E-state index is -2.68. The van der Waals surface area contributed by atoms with E-state index in [9.17, 15) is 13.6 Å². The number of halogens is 2. The highest BCUT2D eigenvalue weighted by Crippen LogP contribution is 2.20. The molecule has 152 valence electrons. The monoisotopic (exact) mass is 407 g/mol. The third kappa shape index (κ3) is 4.63. The van der Waals surface area contributed by atoms with E-state index in [2.05, 4.69) is 15.3 Å². The number of carbonyl (C=O) groups is 1. The van der Waals surface area contributed by atoms with Gasteiger partial charge in [0.1, 0.15) is 12.4 Å². The van der Waals surface area contributed by atoms with E-state index in [4.69, 9.17) is 4.74 Å². The smallest absolute Gasteiger partial charge is 0.295 e. The Kier molecular flexibility index (Phi) is 5.70. The molecule has 4 aromatic rings. The molecule has 0 fully saturated rings. The Morgan fingerprint density at radius 1 is 1.00 bits per heavy atom. The summed E-state index contributed by atoms with van der Waals surface area (Å²) in [6.07, 6.45) is -2.68. The van der Waals surface area contributed by atoms with E-state index in [0.29, 0.717) is 29.7 Å². The van der Waals surface area contributed by atoms with Gasteiger partial charge in [0.15, 0.2) is 5.82 Å². The first kappa shape index (κ1) is 19.6. The number of hydrogen-bond acceptors (Lipinski definition) is 3. The van der Waals surface area contributed by atoms with Crippen molar-refractivity contribution in [3.63, 3.8) is 0 Å². The summed E-state index contributed by atoms with van der Waals surface area (Å²) in [6.45, 7) is 0.809. The van der Waals surface area contributed by atoms with Crippen LogP contribution in [0.5, 0.6) is 5.75 Å². The lowest BCUT2D eigenvalue weighted by Gasteiger charge is -2.08. The van der Waals surface area contributed by atoms with Crippen molar-refractivity contribution >= 4 is 16.9 Å². The SMILES string of the molecule is O=C(NCc1ccc(COc2ccccc2)cc1)c1ccc2nc(C(F)F)[nH]c2c1. The van der Waals surface area contributed by atoms with Crippen LogP contribution in [0.2, 0.25) is 0 Å². The zero-order chi connectivity index (χ0) is 20.9. The van der Waals surface area contributed by atoms with Crippen LogP contribution in [0.3, 0.4) is 0 Å². The number of fused-ring (bicyclic) bond motifs is 1. The van der Waals surface area contributed by atoms with Crippen LogP contribution in [0.25, 0.3) is 11.0 Å². The molecule has 7 heteroatoms. The van der Waals surface area contributed by atoms with E-state index in [1.807, 2.05) is 54.6 Å². The number of ether oxygens (including phenoxy) is 1. The standard InChI is InChI=1S/C23H19F2N3O2/c24-21(25)22-27-19-11-10-17(12-20(19)28-22)23(29)26-13-15-6-8-16(9-7-15)14-30-18-4-2-1-3-5-18/h1-12,21H,13-14H2,(H,26,29)(H,27,28). The molecule has 0 bridgehead atoms. The van der Waals surface area contributed by atoms with Crippen molar-refractivity contribution < 1.29 is 18.3 Å². The summed E-state index contributed by atoms with van der Waals surface area (Å²) in [7, 11) is 0. The molecule has 0 aliphatic heterocycles. The highest BCUT2D eigenvalue weighted by molar-refractivity contribution is 5.97. The van der Waals surface area contributed by atoms with Crippen LogP contribution < -0.4 is 10.1 Å². The number of benzene rings is 3. The van der Waals surface area contributed by atoms with Gasteiger partial charge in [-0.1, -0.05) is 42.5 Å². The van der Waals surface area contributed by atoms with Crippen LogP contribution in [0.4, 0.5) is 8.78 Å². The Morgan fingerprint density at radius 2 is 1.73 bits per heavy atom. The topological polar surface area (TPSA) is 67.0 Å². The van der Waals surface area contributed by atoms with E-state index >= 15 is 0 Å². The van der Waals surface area contributed by atoms with Gasteiger partial charge in [0.25, 0.3) is 12.3 Å². The van der Waals surface area contributed by atoms with E-state index in [1.54, 1.807) is 12.1 Å². The van der Waals surface area contributed by atoms with Crippen molar-refractivity contribution in [3.05, 3.63) is 95.3 Å². The fraction of sp³-hybridized carbons (Fsp3) is 0.130. The molecule has 3 aromatic carbocycles. The molecule has 0 saturated heterocycles. The Bertz CT molecular complexity index is 1140. The largest absolute Gasteiger partial charge is 0.489 e. The molecular weight excluding hydrogens is 388 g/mol. The second-order valence-electron chi connectivity index (χ2n) is 6.76. The van der Waals surface area contributed by atoms with Gasteiger partial charge in [-0.15, -0.1) is 0 Å². The van der Waals surface area contributed by atoms with Crippen LogP contribution in [0.15, 0.2) is 72.8 Å². The minimum absolute atomic E-state index is 0.290. The van der Waals surface area contributed by atoms with Crippen molar-refractivity contribution in [1.82, 2.24) is 15.3 Å². The minimum Gasteiger partial charge on any atom is -0.489 e. The van der Waals surface area contributed by atoms with E-state index in [1.165, 1.54) is 6.07 Å². The highest BCUT2D eigenvalue weighted by Gasteiger charge is 2.14. The number of H-pyrrole nitrogens is 1. The summed E-state index contributed by atoms with van der Waals surface area (Å²) in [5.74, 6) is 0.115. The van der Waals surface area contributed by atoms with Gasteiger partial charge in [-0.3, -0.25) is 4.79 Å². The van der Waals surface area contributed by atoms with Gasteiger partial charge in [0.05, 0.1) is 11.0 Å². The number of amides is 1. The number of nitrogens with zero attached hydrogens (tertiary/aromatic N) is 1. The van der Waals surface area contributed by atoms with E-state index < -0.39 is 12.2 Å². The van der Waals surface area contributed by atoms with Gasteiger partial charge < -0.3 is 15.0 Å². The molecule has 30 heavy (non-hydrogen) atoms. The second-order valence-corrected chi connectivity index (χ2v) is 6.76. The number of hydrogen-bond donors (Lipinski definition) is 2. The summed E-state index contributed by atoms with van der Waals surface area (Å²) in [5, 5.41) is 2.83. The van der Waals surface area contributed by atoms with Gasteiger partial charge in [-0.25, -0.2) is 13.8 Å². The zero-order valence-corrected chi connectivity index (χ0v) is 15.9. The van der Waals surface area contributed by atoms with Crippen LogP contribution in [-0.4, -0.2) is 15.9 Å². The Balaban J connectivity index is 1.33. The normalized spacial score (nSPS) is 11.0. The molecule has 0 spiro atoms. The van der Waals surface area contributed by atoms with Crippen molar-refractivity contribution in [2.45, 2.75) is 19.6 Å². The summed E-state index contributed by atoms with van der Waals surface area (Å²) in [6, 6.07) is 22.0. The van der Waals surface area contributed by atoms with Gasteiger partial charge in [0.2, 0.25) is 0 Å². The molecule has 1 aromatic heterocycles. The molecule has 0 aliphatic carbocycles. The van der Waals surface area contributed by atoms with Gasteiger partial charge in [-0.2, -0.15) is 0 Å². The quantitative estimate of drug-likeness (QED) is 0.453. The molecule has 0 unspecified atom stereocenters. The lowest BCUT2D eigenvalue weighted by Crippen LogP contribution is -2.22. The van der Waals surface area contributed by atoms with Crippen LogP contribution in [-0.2, 0) is 13.2 Å². The fourth-order valence-corrected chi connectivity index (χ4v) is 3.00. The van der Waals surface area contributed by atoms with Gasteiger partial charge in [-0.05, 0) is 41.5 Å². The van der Waals surface area contributed by atoms with E-state index in [0.717, 1.165) is 16.9 Å². The molecule has 0 radical (unpaired) electrons. The number of alkyl halides is 2. The molecule has 2 N–H and O–H groups in total. The summed E-state index contributed by atoms with van der Waals surface area (Å²) in [5.41, 5.74) is 3.14. The first-order valence-corrected chi connectivity index (χ1v) is 9.40. The first-order chi connectivity index (χ1) is 14.6. The number of aromatic amines is 1. The maximum atomic E-state index is 12.8. The molecule has 0 aliphatic rings. The first-order valence-electron chi connectivity index (χ1n) is 9.40. The number of carbonyl (C=O) groups excluding carboxylic acids is 1. The maximum absolute atomic E-state index is 12.8. The molecule has 5 nitrogen and oxygen atoms in total. The number of rotatable bonds is 7. The van der Waals surface area contributed by atoms with Gasteiger partial charge >= 0.3 is 0 Å². The predicted molar refractivity (Wildman–Crippen MR) is 109 cm³/mol. The van der Waals surface area contributed by atoms with E-state index in [-0.39, 0.29) is 5.91 Å². The van der Waals surface area contributed by atoms with Crippen LogP contribution in [0.1, 0.15) is 33.7 Å². The Morgan fingerprint density at radius 3 is 2.47 bits per heavy atom. The molecule has 1 heterocycles. The van der Waals surface area contributed by atoms with Crippen molar-refractivity contribution in [2.24, 2.45) is 0 Å². The van der Waals surface area contributed by atoms with Crippen molar-refractivity contribution in [1.29, 1.82) is 0 Å². The van der Waals surface area contributed by atoms with Crippen LogP contribution >= 0.6 is 0 Å². The van der Waals surface area contributed by atoms with Crippen molar-refractivity contribution in [2.75, 3.05) is 0 Å².